The van der Waals surface area contributed by atoms with Crippen molar-refractivity contribution >= 4 is 28.7 Å². The van der Waals surface area contributed by atoms with Gasteiger partial charge in [0.15, 0.2) is 0 Å². The predicted octanol–water partition coefficient (Wildman–Crippen LogP) is 1.79. The van der Waals surface area contributed by atoms with Crippen molar-refractivity contribution in [3.63, 3.8) is 0 Å². The number of hydrogen-bond acceptors (Lipinski definition) is 5. The van der Waals surface area contributed by atoms with Crippen molar-refractivity contribution in [3.8, 4) is 11.3 Å². The van der Waals surface area contributed by atoms with Crippen molar-refractivity contribution in [2.24, 2.45) is 0 Å². The molecule has 3 rings (SSSR count). The van der Waals surface area contributed by atoms with Crippen LogP contribution in [-0.2, 0) is 11.3 Å². The normalized spacial score (nSPS) is 10.9. The molecule has 106 valence electrons. The van der Waals surface area contributed by atoms with Gasteiger partial charge in [0.2, 0.25) is 0 Å². The quantitative estimate of drug-likeness (QED) is 0.792. The highest BCUT2D eigenvalue weighted by Crippen LogP contribution is 2.25. The fourth-order valence-electron chi connectivity index (χ4n) is 1.91. The standard InChI is InChI=1S/C13H8ClN3O4/c14-8-3-1-7(2-4-8)10-11-12(21-16-10)13(20)17(6-15-11)5-9(18)19/h1-4,6H,5H2,(H,18,19). The van der Waals surface area contributed by atoms with Gasteiger partial charge in [-0.3, -0.25) is 14.2 Å². The van der Waals surface area contributed by atoms with E-state index in [0.717, 1.165) is 10.9 Å². The molecule has 0 atom stereocenters. The molecule has 0 aliphatic rings. The van der Waals surface area contributed by atoms with E-state index in [0.29, 0.717) is 16.3 Å². The van der Waals surface area contributed by atoms with Crippen molar-refractivity contribution in [2.45, 2.75) is 6.54 Å². The SMILES string of the molecule is O=C(O)Cn1cnc2c(-c3ccc(Cl)cc3)noc2c1=O. The van der Waals surface area contributed by atoms with E-state index in [9.17, 15) is 9.59 Å². The van der Waals surface area contributed by atoms with Crippen molar-refractivity contribution in [1.82, 2.24) is 14.7 Å². The van der Waals surface area contributed by atoms with Crippen LogP contribution in [0.3, 0.4) is 0 Å². The third-order valence-corrected chi connectivity index (χ3v) is 3.12. The Morgan fingerprint density at radius 2 is 2.05 bits per heavy atom. The molecule has 2 heterocycles. The average Bonchev–Trinajstić information content (AvgIpc) is 2.87. The van der Waals surface area contributed by atoms with Gasteiger partial charge in [0.1, 0.15) is 17.8 Å². The molecule has 0 spiro atoms. The molecule has 0 unspecified atom stereocenters. The topological polar surface area (TPSA) is 98.2 Å². The number of aromatic nitrogens is 3. The van der Waals surface area contributed by atoms with Crippen LogP contribution >= 0.6 is 11.6 Å². The molecule has 0 saturated carbocycles. The Hall–Kier alpha value is -2.67. The van der Waals surface area contributed by atoms with E-state index in [2.05, 4.69) is 10.1 Å². The highest BCUT2D eigenvalue weighted by molar-refractivity contribution is 6.30. The Bertz CT molecular complexity index is 883. The van der Waals surface area contributed by atoms with Gasteiger partial charge in [0, 0.05) is 10.6 Å². The van der Waals surface area contributed by atoms with E-state index in [1.54, 1.807) is 24.3 Å². The van der Waals surface area contributed by atoms with E-state index in [4.69, 9.17) is 21.2 Å². The summed E-state index contributed by atoms with van der Waals surface area (Å²) in [5, 5.41) is 13.1. The number of carbonyl (C=O) groups is 1. The fraction of sp³-hybridized carbons (Fsp3) is 0.0769. The lowest BCUT2D eigenvalue weighted by molar-refractivity contribution is -0.137. The lowest BCUT2D eigenvalue weighted by Crippen LogP contribution is -2.23. The zero-order valence-electron chi connectivity index (χ0n) is 10.5. The van der Waals surface area contributed by atoms with E-state index in [1.807, 2.05) is 0 Å². The number of benzene rings is 1. The van der Waals surface area contributed by atoms with E-state index in [-0.39, 0.29) is 11.1 Å². The maximum Gasteiger partial charge on any atom is 0.323 e. The van der Waals surface area contributed by atoms with Gasteiger partial charge in [-0.1, -0.05) is 28.9 Å². The molecule has 0 bridgehead atoms. The minimum Gasteiger partial charge on any atom is -0.480 e. The Kier molecular flexibility index (Phi) is 3.19. The molecule has 0 radical (unpaired) electrons. The maximum absolute atomic E-state index is 12.1. The molecule has 8 heteroatoms. The molecule has 0 amide bonds. The number of carboxylic acid groups (broad SMARTS) is 1. The van der Waals surface area contributed by atoms with Gasteiger partial charge in [-0.15, -0.1) is 0 Å². The zero-order valence-corrected chi connectivity index (χ0v) is 11.2. The van der Waals surface area contributed by atoms with Crippen LogP contribution in [0.25, 0.3) is 22.4 Å². The molecule has 3 aromatic rings. The molecular formula is C13H8ClN3O4. The second-order valence-corrected chi connectivity index (χ2v) is 4.72. The van der Waals surface area contributed by atoms with Crippen LogP contribution in [0.4, 0.5) is 0 Å². The molecule has 21 heavy (non-hydrogen) atoms. The lowest BCUT2D eigenvalue weighted by atomic mass is 10.1. The summed E-state index contributed by atoms with van der Waals surface area (Å²) in [6.07, 6.45) is 1.16. The van der Waals surface area contributed by atoms with E-state index < -0.39 is 18.1 Å². The summed E-state index contributed by atoms with van der Waals surface area (Å²) < 4.78 is 5.96. The molecule has 0 saturated heterocycles. The Morgan fingerprint density at radius 1 is 1.33 bits per heavy atom. The zero-order chi connectivity index (χ0) is 15.0. The Balaban J connectivity index is 2.15. The third-order valence-electron chi connectivity index (χ3n) is 2.87. The Labute approximate surface area is 122 Å². The summed E-state index contributed by atoms with van der Waals surface area (Å²) in [5.41, 5.74) is 0.713. The summed E-state index contributed by atoms with van der Waals surface area (Å²) in [6, 6.07) is 6.82. The van der Waals surface area contributed by atoms with Gasteiger partial charge in [-0.2, -0.15) is 0 Å². The molecule has 7 nitrogen and oxygen atoms in total. The molecule has 0 aliphatic heterocycles. The first-order valence-corrected chi connectivity index (χ1v) is 6.26. The lowest BCUT2D eigenvalue weighted by Gasteiger charge is -2.00. The molecule has 1 aromatic carbocycles. The number of hydrogen-bond donors (Lipinski definition) is 1. The first-order chi connectivity index (χ1) is 10.1. The summed E-state index contributed by atoms with van der Waals surface area (Å²) in [7, 11) is 0. The van der Waals surface area contributed by atoms with Crippen LogP contribution in [-0.4, -0.2) is 25.8 Å². The largest absolute Gasteiger partial charge is 0.480 e. The number of aliphatic carboxylic acids is 1. The van der Waals surface area contributed by atoms with E-state index >= 15 is 0 Å². The number of fused-ring (bicyclic) bond motifs is 1. The van der Waals surface area contributed by atoms with Crippen LogP contribution in [0.2, 0.25) is 5.02 Å². The second-order valence-electron chi connectivity index (χ2n) is 4.29. The first kappa shape index (κ1) is 13.3. The fourth-order valence-corrected chi connectivity index (χ4v) is 2.04. The van der Waals surface area contributed by atoms with Gasteiger partial charge in [0.25, 0.3) is 11.1 Å². The van der Waals surface area contributed by atoms with Crippen molar-refractivity contribution < 1.29 is 14.4 Å². The van der Waals surface area contributed by atoms with Crippen LogP contribution in [0.1, 0.15) is 0 Å². The van der Waals surface area contributed by atoms with Crippen LogP contribution in [0.15, 0.2) is 39.9 Å². The highest BCUT2D eigenvalue weighted by atomic mass is 35.5. The van der Waals surface area contributed by atoms with Crippen molar-refractivity contribution in [2.75, 3.05) is 0 Å². The maximum atomic E-state index is 12.1. The van der Waals surface area contributed by atoms with Gasteiger partial charge in [-0.05, 0) is 12.1 Å². The minimum absolute atomic E-state index is 0.0799. The van der Waals surface area contributed by atoms with Gasteiger partial charge in [-0.25, -0.2) is 4.98 Å². The van der Waals surface area contributed by atoms with Gasteiger partial charge < -0.3 is 9.63 Å². The van der Waals surface area contributed by atoms with Crippen molar-refractivity contribution in [1.29, 1.82) is 0 Å². The number of carboxylic acids is 1. The molecular weight excluding hydrogens is 298 g/mol. The molecule has 0 aliphatic carbocycles. The van der Waals surface area contributed by atoms with Crippen LogP contribution in [0.5, 0.6) is 0 Å². The molecule has 1 N–H and O–H groups in total. The molecule has 2 aromatic heterocycles. The summed E-state index contributed by atoms with van der Waals surface area (Å²) in [6.45, 7) is -0.487. The van der Waals surface area contributed by atoms with Crippen LogP contribution in [0, 0.1) is 0 Å². The number of halogens is 1. The summed E-state index contributed by atoms with van der Waals surface area (Å²) in [5.74, 6) is -1.14. The first-order valence-electron chi connectivity index (χ1n) is 5.89. The van der Waals surface area contributed by atoms with E-state index in [1.165, 1.54) is 0 Å². The van der Waals surface area contributed by atoms with Gasteiger partial charge in [0.05, 0.1) is 6.33 Å². The second kappa shape index (κ2) is 5.02. The monoisotopic (exact) mass is 305 g/mol. The average molecular weight is 306 g/mol. The predicted molar refractivity (Wildman–Crippen MR) is 74.1 cm³/mol. The number of rotatable bonds is 3. The summed E-state index contributed by atoms with van der Waals surface area (Å²) in [4.78, 5) is 26.8. The minimum atomic E-state index is -1.14. The summed E-state index contributed by atoms with van der Waals surface area (Å²) >= 11 is 5.82. The third kappa shape index (κ3) is 2.38. The number of nitrogens with zero attached hydrogens (tertiary/aromatic N) is 3. The van der Waals surface area contributed by atoms with Crippen molar-refractivity contribution in [3.05, 3.63) is 46.0 Å². The van der Waals surface area contributed by atoms with Crippen LogP contribution < -0.4 is 5.56 Å². The Morgan fingerprint density at radius 3 is 2.71 bits per heavy atom. The molecule has 0 fully saturated rings. The van der Waals surface area contributed by atoms with Gasteiger partial charge >= 0.3 is 5.97 Å². The highest BCUT2D eigenvalue weighted by Gasteiger charge is 2.17. The smallest absolute Gasteiger partial charge is 0.323 e.